The Bertz CT molecular complexity index is 1030. The topological polar surface area (TPSA) is 70.7 Å². The van der Waals surface area contributed by atoms with E-state index in [1.807, 2.05) is 37.5 Å². The van der Waals surface area contributed by atoms with Crippen LogP contribution in [-0.4, -0.2) is 43.6 Å². The second-order valence-electron chi connectivity index (χ2n) is 8.25. The summed E-state index contributed by atoms with van der Waals surface area (Å²) in [7, 11) is 1.71. The fraction of sp³-hybridized carbons (Fsp3) is 0.435. The van der Waals surface area contributed by atoms with E-state index >= 15 is 0 Å². The van der Waals surface area contributed by atoms with Gasteiger partial charge in [0.1, 0.15) is 15.9 Å². The molecule has 2 aromatic heterocycles. The Balaban J connectivity index is 1.52. The molecule has 0 radical (unpaired) electrons. The molecule has 0 aliphatic heterocycles. The molecule has 1 amide bonds. The van der Waals surface area contributed by atoms with E-state index in [1.165, 1.54) is 10.5 Å². The third-order valence-corrected chi connectivity index (χ3v) is 7.04. The number of imidazole rings is 1. The van der Waals surface area contributed by atoms with Gasteiger partial charge in [-0.25, -0.2) is 9.78 Å². The quantitative estimate of drug-likeness (QED) is 0.549. The number of nitrogens with zero attached hydrogens (tertiary/aromatic N) is 4. The molecule has 6 nitrogen and oxygen atoms in total. The summed E-state index contributed by atoms with van der Waals surface area (Å²) in [6.45, 7) is 2.00. The highest BCUT2D eigenvalue weighted by atomic mass is 79.9. The summed E-state index contributed by atoms with van der Waals surface area (Å²) in [5, 5.41) is 9.64. The summed E-state index contributed by atoms with van der Waals surface area (Å²) >= 11 is 3.60. The molecule has 1 aromatic carbocycles. The van der Waals surface area contributed by atoms with Crippen LogP contribution in [0.15, 0.2) is 47.3 Å². The van der Waals surface area contributed by atoms with Gasteiger partial charge in [-0.15, -0.1) is 0 Å². The van der Waals surface area contributed by atoms with Gasteiger partial charge in [-0.1, -0.05) is 30.3 Å². The van der Waals surface area contributed by atoms with Crippen LogP contribution in [0.2, 0.25) is 0 Å². The zero-order chi connectivity index (χ0) is 21.3. The summed E-state index contributed by atoms with van der Waals surface area (Å²) in [6.07, 6.45) is 7.71. The third kappa shape index (κ3) is 4.08. The summed E-state index contributed by atoms with van der Waals surface area (Å²) in [5.41, 5.74) is 3.17. The van der Waals surface area contributed by atoms with Crippen molar-refractivity contribution in [1.29, 1.82) is 0 Å². The van der Waals surface area contributed by atoms with Gasteiger partial charge in [0.15, 0.2) is 0 Å². The monoisotopic (exact) mass is 470 g/mol. The standard InChI is InChI=1S/C23H27BrN4O2/c1-15-20-21(24)26-22(28(20)13-12-25-15)18-10-8-17(9-11-18)19(27(2)23(29)30)14-16-6-4-3-5-7-16/h3-7,12-13,17-19H,8-11,14H2,1-2H3,(H,29,30). The lowest BCUT2D eigenvalue weighted by atomic mass is 9.76. The molecule has 158 valence electrons. The van der Waals surface area contributed by atoms with Crippen LogP contribution >= 0.6 is 15.9 Å². The molecule has 0 bridgehead atoms. The molecule has 3 aromatic rings. The van der Waals surface area contributed by atoms with E-state index in [0.29, 0.717) is 11.8 Å². The first-order valence-corrected chi connectivity index (χ1v) is 11.2. The lowest BCUT2D eigenvalue weighted by Crippen LogP contribution is -2.43. The number of aryl methyl sites for hydroxylation is 1. The summed E-state index contributed by atoms with van der Waals surface area (Å²) in [5.74, 6) is 1.79. The highest BCUT2D eigenvalue weighted by Gasteiger charge is 2.34. The second kappa shape index (κ2) is 8.76. The van der Waals surface area contributed by atoms with Gasteiger partial charge in [0, 0.05) is 31.4 Å². The van der Waals surface area contributed by atoms with E-state index in [9.17, 15) is 9.90 Å². The number of fused-ring (bicyclic) bond motifs is 1. The van der Waals surface area contributed by atoms with E-state index in [0.717, 1.165) is 53.7 Å². The maximum absolute atomic E-state index is 11.7. The number of benzene rings is 1. The third-order valence-electron chi connectivity index (χ3n) is 6.49. The van der Waals surface area contributed by atoms with E-state index in [1.54, 1.807) is 7.05 Å². The number of carbonyl (C=O) groups is 1. The molecule has 1 aliphatic rings. The van der Waals surface area contributed by atoms with Crippen molar-refractivity contribution in [3.8, 4) is 0 Å². The van der Waals surface area contributed by atoms with E-state index in [-0.39, 0.29) is 6.04 Å². The maximum Gasteiger partial charge on any atom is 0.407 e. The first-order chi connectivity index (χ1) is 14.5. The lowest BCUT2D eigenvalue weighted by molar-refractivity contribution is 0.106. The fourth-order valence-electron chi connectivity index (χ4n) is 4.84. The van der Waals surface area contributed by atoms with E-state index in [2.05, 4.69) is 37.4 Å². The van der Waals surface area contributed by atoms with Crippen molar-refractivity contribution >= 4 is 27.5 Å². The molecule has 1 saturated carbocycles. The normalized spacial score (nSPS) is 20.2. The minimum Gasteiger partial charge on any atom is -0.465 e. The van der Waals surface area contributed by atoms with Crippen LogP contribution < -0.4 is 0 Å². The molecule has 1 N–H and O–H groups in total. The zero-order valence-corrected chi connectivity index (χ0v) is 18.9. The van der Waals surface area contributed by atoms with Crippen LogP contribution in [0, 0.1) is 12.8 Å². The van der Waals surface area contributed by atoms with Crippen molar-refractivity contribution in [2.75, 3.05) is 7.05 Å². The van der Waals surface area contributed by atoms with Crippen molar-refractivity contribution in [3.63, 3.8) is 0 Å². The number of aromatic nitrogens is 3. The SMILES string of the molecule is Cc1nccn2c(C3CCC(C(Cc4ccccc4)N(C)C(=O)O)CC3)nc(Br)c12. The van der Waals surface area contributed by atoms with Crippen molar-refractivity contribution in [1.82, 2.24) is 19.3 Å². The number of carboxylic acid groups (broad SMARTS) is 1. The second-order valence-corrected chi connectivity index (χ2v) is 9.01. The summed E-state index contributed by atoms with van der Waals surface area (Å²) in [4.78, 5) is 22.4. The van der Waals surface area contributed by atoms with Gasteiger partial charge in [0.05, 0.1) is 5.69 Å². The Morgan fingerprint density at radius 3 is 2.63 bits per heavy atom. The number of hydrogen-bond donors (Lipinski definition) is 1. The number of halogens is 1. The predicted octanol–water partition coefficient (Wildman–Crippen LogP) is 5.30. The molecule has 1 unspecified atom stereocenters. The van der Waals surface area contributed by atoms with Crippen molar-refractivity contribution in [2.24, 2.45) is 5.92 Å². The molecule has 1 atom stereocenters. The molecule has 7 heteroatoms. The Morgan fingerprint density at radius 1 is 1.27 bits per heavy atom. The maximum atomic E-state index is 11.7. The van der Waals surface area contributed by atoms with Crippen LogP contribution in [0.5, 0.6) is 0 Å². The van der Waals surface area contributed by atoms with Gasteiger partial charge in [0.25, 0.3) is 0 Å². The minimum atomic E-state index is -0.857. The number of rotatable bonds is 5. The highest BCUT2D eigenvalue weighted by Crippen LogP contribution is 2.39. The van der Waals surface area contributed by atoms with Gasteiger partial charge in [-0.3, -0.25) is 9.38 Å². The molecule has 4 rings (SSSR count). The van der Waals surface area contributed by atoms with Crippen molar-refractivity contribution < 1.29 is 9.90 Å². The molecular weight excluding hydrogens is 444 g/mol. The fourth-order valence-corrected chi connectivity index (χ4v) is 5.50. The molecule has 1 aliphatic carbocycles. The van der Waals surface area contributed by atoms with Crippen LogP contribution in [0.1, 0.15) is 48.7 Å². The average molecular weight is 471 g/mol. The molecule has 1 fully saturated rings. The zero-order valence-electron chi connectivity index (χ0n) is 17.3. The van der Waals surface area contributed by atoms with Crippen LogP contribution in [0.4, 0.5) is 4.79 Å². The Hall–Kier alpha value is -2.41. The van der Waals surface area contributed by atoms with Crippen LogP contribution in [0.3, 0.4) is 0 Å². The van der Waals surface area contributed by atoms with E-state index < -0.39 is 6.09 Å². The van der Waals surface area contributed by atoms with Crippen molar-refractivity contribution in [3.05, 3.63) is 64.4 Å². The number of amides is 1. The Morgan fingerprint density at radius 2 is 1.97 bits per heavy atom. The van der Waals surface area contributed by atoms with Gasteiger partial charge in [-0.2, -0.15) is 0 Å². The first-order valence-electron chi connectivity index (χ1n) is 10.4. The van der Waals surface area contributed by atoms with Gasteiger partial charge < -0.3 is 10.0 Å². The summed E-state index contributed by atoms with van der Waals surface area (Å²) < 4.78 is 3.00. The van der Waals surface area contributed by atoms with Gasteiger partial charge >= 0.3 is 6.09 Å². The molecule has 0 spiro atoms. The largest absolute Gasteiger partial charge is 0.465 e. The van der Waals surface area contributed by atoms with E-state index in [4.69, 9.17) is 4.98 Å². The molecule has 0 saturated heterocycles. The average Bonchev–Trinajstić information content (AvgIpc) is 3.10. The van der Waals surface area contributed by atoms with Crippen LogP contribution in [-0.2, 0) is 6.42 Å². The van der Waals surface area contributed by atoms with Gasteiger partial charge in [0.2, 0.25) is 0 Å². The molecule has 30 heavy (non-hydrogen) atoms. The minimum absolute atomic E-state index is 0.0129. The smallest absolute Gasteiger partial charge is 0.407 e. The Labute approximate surface area is 185 Å². The molecular formula is C23H27BrN4O2. The number of likely N-dealkylation sites (N-methyl/N-ethyl adjacent to an activating group) is 1. The van der Waals surface area contributed by atoms with Gasteiger partial charge in [-0.05, 0) is 66.4 Å². The summed E-state index contributed by atoms with van der Waals surface area (Å²) in [6, 6.07) is 10.2. The van der Waals surface area contributed by atoms with Crippen LogP contribution in [0.25, 0.3) is 5.52 Å². The lowest BCUT2D eigenvalue weighted by Gasteiger charge is -2.37. The predicted molar refractivity (Wildman–Crippen MR) is 120 cm³/mol. The highest BCUT2D eigenvalue weighted by molar-refractivity contribution is 9.10. The van der Waals surface area contributed by atoms with Crippen molar-refractivity contribution in [2.45, 2.75) is 51.0 Å². The Kier molecular flexibility index (Phi) is 6.09. The molecule has 2 heterocycles. The number of hydrogen-bond acceptors (Lipinski definition) is 3. The first kappa shape index (κ1) is 20.8.